The number of carbonyl (C=O) groups is 1. The lowest BCUT2D eigenvalue weighted by atomic mass is 9.86. The summed E-state index contributed by atoms with van der Waals surface area (Å²) in [6, 6.07) is 0.434. The fourth-order valence-electron chi connectivity index (χ4n) is 3.03. The third kappa shape index (κ3) is 2.76. The molecule has 0 aromatic carbocycles. The molecule has 2 fully saturated rings. The lowest BCUT2D eigenvalue weighted by molar-refractivity contribution is -0.126. The van der Waals surface area contributed by atoms with Gasteiger partial charge in [0.2, 0.25) is 5.91 Å². The predicted octanol–water partition coefficient (Wildman–Crippen LogP) is 1.54. The zero-order valence-electron chi connectivity index (χ0n) is 10.5. The average Bonchev–Trinajstić information content (AvgIpc) is 2.64. The van der Waals surface area contributed by atoms with Crippen LogP contribution in [-0.2, 0) is 4.79 Å². The Balaban J connectivity index is 1.82. The van der Waals surface area contributed by atoms with Gasteiger partial charge in [-0.15, -0.1) is 0 Å². The van der Waals surface area contributed by atoms with E-state index < -0.39 is 0 Å². The quantitative estimate of drug-likeness (QED) is 0.747. The van der Waals surface area contributed by atoms with Crippen LogP contribution in [0.5, 0.6) is 0 Å². The summed E-state index contributed by atoms with van der Waals surface area (Å²) >= 11 is 0. The summed E-state index contributed by atoms with van der Waals surface area (Å²) in [7, 11) is 0. The first-order chi connectivity index (χ1) is 7.66. The van der Waals surface area contributed by atoms with Gasteiger partial charge in [0.05, 0.1) is 5.92 Å². The molecule has 4 atom stereocenters. The summed E-state index contributed by atoms with van der Waals surface area (Å²) in [6.45, 7) is 6.29. The van der Waals surface area contributed by atoms with Gasteiger partial charge < -0.3 is 10.6 Å². The first-order valence-electron chi connectivity index (χ1n) is 6.68. The van der Waals surface area contributed by atoms with Crippen LogP contribution in [0.15, 0.2) is 0 Å². The van der Waals surface area contributed by atoms with Crippen molar-refractivity contribution < 1.29 is 4.79 Å². The third-order valence-electron chi connectivity index (χ3n) is 4.14. The molecule has 2 unspecified atom stereocenters. The van der Waals surface area contributed by atoms with Crippen LogP contribution >= 0.6 is 0 Å². The Morgan fingerprint density at radius 3 is 2.69 bits per heavy atom. The van der Waals surface area contributed by atoms with Crippen LogP contribution in [0.3, 0.4) is 0 Å². The summed E-state index contributed by atoms with van der Waals surface area (Å²) in [5, 5.41) is 6.53. The number of hydrogen-bond donors (Lipinski definition) is 2. The van der Waals surface area contributed by atoms with Gasteiger partial charge in [-0.2, -0.15) is 0 Å². The van der Waals surface area contributed by atoms with Crippen LogP contribution < -0.4 is 10.6 Å². The number of amides is 1. The Kier molecular flexibility index (Phi) is 3.85. The molecule has 92 valence electrons. The Hall–Kier alpha value is -0.570. The van der Waals surface area contributed by atoms with Gasteiger partial charge in [-0.05, 0) is 31.2 Å². The van der Waals surface area contributed by atoms with E-state index in [-0.39, 0.29) is 11.8 Å². The molecule has 2 rings (SSSR count). The Morgan fingerprint density at radius 2 is 2.06 bits per heavy atom. The summed E-state index contributed by atoms with van der Waals surface area (Å²) in [5.41, 5.74) is 0. The number of carbonyl (C=O) groups excluding carboxylic acids is 1. The van der Waals surface area contributed by atoms with Gasteiger partial charge in [-0.25, -0.2) is 0 Å². The molecule has 2 aliphatic rings. The highest BCUT2D eigenvalue weighted by Gasteiger charge is 2.31. The second kappa shape index (κ2) is 5.17. The largest absolute Gasteiger partial charge is 0.353 e. The van der Waals surface area contributed by atoms with Crippen LogP contribution in [0.4, 0.5) is 0 Å². The van der Waals surface area contributed by atoms with E-state index in [0.29, 0.717) is 12.0 Å². The van der Waals surface area contributed by atoms with Crippen molar-refractivity contribution in [1.29, 1.82) is 0 Å². The summed E-state index contributed by atoms with van der Waals surface area (Å²) in [4.78, 5) is 12.1. The van der Waals surface area contributed by atoms with Gasteiger partial charge in [0.25, 0.3) is 0 Å². The van der Waals surface area contributed by atoms with Crippen molar-refractivity contribution in [3.63, 3.8) is 0 Å². The van der Waals surface area contributed by atoms with Gasteiger partial charge in [0.15, 0.2) is 0 Å². The Morgan fingerprint density at radius 1 is 1.25 bits per heavy atom. The zero-order chi connectivity index (χ0) is 11.5. The number of rotatable bonds is 2. The van der Waals surface area contributed by atoms with Gasteiger partial charge in [0, 0.05) is 12.6 Å². The van der Waals surface area contributed by atoms with Crippen molar-refractivity contribution in [3.8, 4) is 0 Å². The van der Waals surface area contributed by atoms with Gasteiger partial charge in [-0.3, -0.25) is 4.79 Å². The lowest BCUT2D eigenvalue weighted by Gasteiger charge is -2.28. The third-order valence-corrected chi connectivity index (χ3v) is 4.14. The zero-order valence-corrected chi connectivity index (χ0v) is 10.5. The van der Waals surface area contributed by atoms with Crippen LogP contribution in [0.25, 0.3) is 0 Å². The normalized spacial score (nSPS) is 39.6. The Bertz CT molecular complexity index is 254. The first kappa shape index (κ1) is 11.9. The monoisotopic (exact) mass is 224 g/mol. The average molecular weight is 224 g/mol. The standard InChI is InChI=1S/C13H24N2O/c1-9-4-3-5-11(6-9)15-13(16)12-8-14-7-10(12)2/h9-12,14H,3-8H2,1-2H3,(H,15,16)/t9?,10-,11?,12-/m1/s1. The minimum atomic E-state index is 0.192. The molecule has 0 bridgehead atoms. The SMILES string of the molecule is CC1CCCC(NC(=O)[C@@H]2CNC[C@H]2C)C1. The van der Waals surface area contributed by atoms with E-state index in [9.17, 15) is 4.79 Å². The molecule has 0 aromatic heterocycles. The highest BCUT2D eigenvalue weighted by Crippen LogP contribution is 2.24. The van der Waals surface area contributed by atoms with Crippen LogP contribution in [0.2, 0.25) is 0 Å². The van der Waals surface area contributed by atoms with Gasteiger partial charge in [-0.1, -0.05) is 26.7 Å². The fraction of sp³-hybridized carbons (Fsp3) is 0.923. The van der Waals surface area contributed by atoms with Crippen molar-refractivity contribution in [2.45, 2.75) is 45.6 Å². The summed E-state index contributed by atoms with van der Waals surface area (Å²) in [6.07, 6.45) is 4.93. The van der Waals surface area contributed by atoms with Crippen LogP contribution in [-0.4, -0.2) is 25.0 Å². The molecule has 2 N–H and O–H groups in total. The molecule has 0 spiro atoms. The molecule has 16 heavy (non-hydrogen) atoms. The molecule has 1 amide bonds. The van der Waals surface area contributed by atoms with Gasteiger partial charge in [0.1, 0.15) is 0 Å². The van der Waals surface area contributed by atoms with E-state index in [4.69, 9.17) is 0 Å². The molecule has 0 radical (unpaired) electrons. The van der Waals surface area contributed by atoms with Gasteiger partial charge >= 0.3 is 0 Å². The van der Waals surface area contributed by atoms with E-state index in [1.54, 1.807) is 0 Å². The first-order valence-corrected chi connectivity index (χ1v) is 6.68. The minimum Gasteiger partial charge on any atom is -0.353 e. The highest BCUT2D eigenvalue weighted by atomic mass is 16.2. The number of nitrogens with one attached hydrogen (secondary N) is 2. The molecular formula is C13H24N2O. The molecule has 3 heteroatoms. The molecule has 3 nitrogen and oxygen atoms in total. The number of hydrogen-bond acceptors (Lipinski definition) is 2. The van der Waals surface area contributed by atoms with E-state index >= 15 is 0 Å². The highest BCUT2D eigenvalue weighted by molar-refractivity contribution is 5.79. The van der Waals surface area contributed by atoms with E-state index in [2.05, 4.69) is 24.5 Å². The molecule has 1 heterocycles. The Labute approximate surface area is 98.4 Å². The van der Waals surface area contributed by atoms with Crippen molar-refractivity contribution in [2.75, 3.05) is 13.1 Å². The predicted molar refractivity (Wildman–Crippen MR) is 65.1 cm³/mol. The molecule has 1 aliphatic carbocycles. The summed E-state index contributed by atoms with van der Waals surface area (Å²) < 4.78 is 0. The minimum absolute atomic E-state index is 0.192. The van der Waals surface area contributed by atoms with Crippen molar-refractivity contribution >= 4 is 5.91 Å². The topological polar surface area (TPSA) is 41.1 Å². The molecule has 1 saturated carbocycles. The van der Waals surface area contributed by atoms with Crippen molar-refractivity contribution in [2.24, 2.45) is 17.8 Å². The molecule has 1 saturated heterocycles. The smallest absolute Gasteiger partial charge is 0.224 e. The van der Waals surface area contributed by atoms with Crippen molar-refractivity contribution in [1.82, 2.24) is 10.6 Å². The van der Waals surface area contributed by atoms with Crippen molar-refractivity contribution in [3.05, 3.63) is 0 Å². The van der Waals surface area contributed by atoms with E-state index in [1.165, 1.54) is 25.7 Å². The second-order valence-corrected chi connectivity index (χ2v) is 5.72. The maximum Gasteiger partial charge on any atom is 0.224 e. The lowest BCUT2D eigenvalue weighted by Crippen LogP contribution is -2.42. The maximum absolute atomic E-state index is 12.1. The maximum atomic E-state index is 12.1. The fourth-order valence-corrected chi connectivity index (χ4v) is 3.03. The second-order valence-electron chi connectivity index (χ2n) is 5.72. The van der Waals surface area contributed by atoms with E-state index in [1.807, 2.05) is 0 Å². The molecule has 1 aliphatic heterocycles. The van der Waals surface area contributed by atoms with Crippen LogP contribution in [0.1, 0.15) is 39.5 Å². The molecule has 0 aromatic rings. The molecular weight excluding hydrogens is 200 g/mol. The van der Waals surface area contributed by atoms with E-state index in [0.717, 1.165) is 19.0 Å². The summed E-state index contributed by atoms with van der Waals surface area (Å²) in [5.74, 6) is 1.73. The van der Waals surface area contributed by atoms with Crippen LogP contribution in [0, 0.1) is 17.8 Å².